The first-order valence-electron chi connectivity index (χ1n) is 9.87. The van der Waals surface area contributed by atoms with E-state index in [1.807, 2.05) is 0 Å². The van der Waals surface area contributed by atoms with E-state index in [9.17, 15) is 9.59 Å². The van der Waals surface area contributed by atoms with Crippen molar-refractivity contribution in [1.29, 1.82) is 0 Å². The molecule has 3 aliphatic heterocycles. The summed E-state index contributed by atoms with van der Waals surface area (Å²) in [7, 11) is 0. The summed E-state index contributed by atoms with van der Waals surface area (Å²) in [4.78, 5) is 28.3. The van der Waals surface area contributed by atoms with E-state index in [1.54, 1.807) is 4.90 Å². The third kappa shape index (κ3) is 5.66. The van der Waals surface area contributed by atoms with Crippen LogP contribution in [0.5, 0.6) is 0 Å². The predicted octanol–water partition coefficient (Wildman–Crippen LogP) is 0.799. The summed E-state index contributed by atoms with van der Waals surface area (Å²) in [6.07, 6.45) is 5.31. The SMILES string of the molecule is O=C(CCC1CCNCC1)OC(=O)N1CCN(C2CCNCC2)CC1. The van der Waals surface area contributed by atoms with Crippen LogP contribution in [0.3, 0.4) is 0 Å². The first-order valence-corrected chi connectivity index (χ1v) is 9.87. The molecule has 25 heavy (non-hydrogen) atoms. The quantitative estimate of drug-likeness (QED) is 0.576. The number of nitrogens with zero attached hydrogens (tertiary/aromatic N) is 2. The van der Waals surface area contributed by atoms with Crippen LogP contribution in [-0.4, -0.2) is 80.3 Å². The molecule has 7 heteroatoms. The monoisotopic (exact) mass is 352 g/mol. The van der Waals surface area contributed by atoms with E-state index in [0.717, 1.165) is 58.5 Å². The number of nitrogens with one attached hydrogen (secondary N) is 2. The molecule has 3 rings (SSSR count). The molecular formula is C18H32N4O3. The summed E-state index contributed by atoms with van der Waals surface area (Å²) < 4.78 is 5.07. The zero-order chi connectivity index (χ0) is 17.5. The number of hydrogen-bond donors (Lipinski definition) is 2. The molecule has 1 amide bonds. The third-order valence-electron chi connectivity index (χ3n) is 5.81. The molecule has 0 spiro atoms. The van der Waals surface area contributed by atoms with Gasteiger partial charge < -0.3 is 20.3 Å². The smallest absolute Gasteiger partial charge is 0.376 e. The lowest BCUT2D eigenvalue weighted by Crippen LogP contribution is -2.54. The number of ether oxygens (including phenoxy) is 1. The van der Waals surface area contributed by atoms with Gasteiger partial charge in [0, 0.05) is 38.6 Å². The summed E-state index contributed by atoms with van der Waals surface area (Å²) in [5.74, 6) is 0.210. The molecule has 142 valence electrons. The van der Waals surface area contributed by atoms with E-state index in [0.29, 0.717) is 31.5 Å². The molecular weight excluding hydrogens is 320 g/mol. The fourth-order valence-electron chi connectivity index (χ4n) is 4.15. The molecule has 3 saturated heterocycles. The van der Waals surface area contributed by atoms with Gasteiger partial charge in [-0.1, -0.05) is 0 Å². The van der Waals surface area contributed by atoms with Crippen molar-refractivity contribution < 1.29 is 14.3 Å². The van der Waals surface area contributed by atoms with Crippen molar-refractivity contribution in [3.8, 4) is 0 Å². The Kier molecular flexibility index (Phi) is 7.07. The second-order valence-corrected chi connectivity index (χ2v) is 7.48. The standard InChI is InChI=1S/C18H32N4O3/c23-17(2-1-15-3-7-19-8-4-15)25-18(24)22-13-11-21(12-14-22)16-5-9-20-10-6-16/h15-16,19-20H,1-14H2. The maximum atomic E-state index is 12.2. The largest absolute Gasteiger partial charge is 0.417 e. The van der Waals surface area contributed by atoms with Crippen LogP contribution in [0.25, 0.3) is 0 Å². The van der Waals surface area contributed by atoms with Crippen molar-refractivity contribution in [2.75, 3.05) is 52.4 Å². The van der Waals surface area contributed by atoms with Gasteiger partial charge in [-0.25, -0.2) is 4.79 Å². The van der Waals surface area contributed by atoms with Gasteiger partial charge in [0.25, 0.3) is 0 Å². The van der Waals surface area contributed by atoms with Crippen LogP contribution in [0.4, 0.5) is 4.79 Å². The maximum Gasteiger partial charge on any atom is 0.417 e. The summed E-state index contributed by atoms with van der Waals surface area (Å²) in [6.45, 7) is 7.29. The minimum atomic E-state index is -0.458. The van der Waals surface area contributed by atoms with Gasteiger partial charge in [-0.3, -0.25) is 9.69 Å². The van der Waals surface area contributed by atoms with Crippen LogP contribution < -0.4 is 10.6 Å². The number of esters is 1. The molecule has 0 aromatic heterocycles. The average molecular weight is 352 g/mol. The van der Waals surface area contributed by atoms with Gasteiger partial charge in [0.2, 0.25) is 0 Å². The number of carbonyl (C=O) groups excluding carboxylic acids is 2. The van der Waals surface area contributed by atoms with Crippen molar-refractivity contribution in [2.45, 2.75) is 44.6 Å². The lowest BCUT2D eigenvalue weighted by Gasteiger charge is -2.40. The molecule has 0 atom stereocenters. The zero-order valence-corrected chi connectivity index (χ0v) is 15.2. The van der Waals surface area contributed by atoms with Gasteiger partial charge in [-0.15, -0.1) is 0 Å². The van der Waals surface area contributed by atoms with Gasteiger partial charge in [-0.05, 0) is 64.2 Å². The first-order chi connectivity index (χ1) is 12.2. The van der Waals surface area contributed by atoms with Crippen molar-refractivity contribution in [3.05, 3.63) is 0 Å². The first kappa shape index (κ1) is 18.6. The van der Waals surface area contributed by atoms with E-state index < -0.39 is 6.09 Å². The number of amides is 1. The molecule has 2 N–H and O–H groups in total. The normalized spacial score (nSPS) is 24.2. The summed E-state index contributed by atoms with van der Waals surface area (Å²) in [6, 6.07) is 0.631. The molecule has 0 saturated carbocycles. The summed E-state index contributed by atoms with van der Waals surface area (Å²) >= 11 is 0. The molecule has 0 aliphatic carbocycles. The number of rotatable bonds is 4. The average Bonchev–Trinajstić information content (AvgIpc) is 2.68. The van der Waals surface area contributed by atoms with Crippen molar-refractivity contribution >= 4 is 12.1 Å². The van der Waals surface area contributed by atoms with E-state index >= 15 is 0 Å². The highest BCUT2D eigenvalue weighted by Gasteiger charge is 2.28. The van der Waals surface area contributed by atoms with Gasteiger partial charge in [0.15, 0.2) is 0 Å². The van der Waals surface area contributed by atoms with Gasteiger partial charge in [0.1, 0.15) is 0 Å². The van der Waals surface area contributed by atoms with Crippen LogP contribution in [-0.2, 0) is 9.53 Å². The number of hydrogen-bond acceptors (Lipinski definition) is 6. The van der Waals surface area contributed by atoms with Crippen molar-refractivity contribution in [2.24, 2.45) is 5.92 Å². The molecule has 3 heterocycles. The molecule has 0 radical (unpaired) electrons. The minimum Gasteiger partial charge on any atom is -0.376 e. The van der Waals surface area contributed by atoms with Crippen LogP contribution in [0.15, 0.2) is 0 Å². The molecule has 3 fully saturated rings. The van der Waals surface area contributed by atoms with Gasteiger partial charge >= 0.3 is 12.1 Å². The fourth-order valence-corrected chi connectivity index (χ4v) is 4.15. The second kappa shape index (κ2) is 9.50. The Labute approximate surface area is 150 Å². The number of carbonyl (C=O) groups is 2. The lowest BCUT2D eigenvalue weighted by molar-refractivity contribution is -0.139. The van der Waals surface area contributed by atoms with Crippen molar-refractivity contribution in [1.82, 2.24) is 20.4 Å². The van der Waals surface area contributed by atoms with E-state index in [1.165, 1.54) is 12.8 Å². The Morgan fingerprint density at radius 2 is 1.48 bits per heavy atom. The molecule has 0 aromatic rings. The second-order valence-electron chi connectivity index (χ2n) is 7.48. The van der Waals surface area contributed by atoms with Gasteiger partial charge in [-0.2, -0.15) is 0 Å². The Morgan fingerprint density at radius 1 is 0.880 bits per heavy atom. The van der Waals surface area contributed by atoms with E-state index in [2.05, 4.69) is 15.5 Å². The third-order valence-corrected chi connectivity index (χ3v) is 5.81. The summed E-state index contributed by atoms with van der Waals surface area (Å²) in [5.41, 5.74) is 0. The van der Waals surface area contributed by atoms with Crippen LogP contribution in [0.2, 0.25) is 0 Å². The molecule has 3 aliphatic rings. The Bertz CT molecular complexity index is 440. The van der Waals surface area contributed by atoms with Gasteiger partial charge in [0.05, 0.1) is 0 Å². The lowest BCUT2D eigenvalue weighted by atomic mass is 9.93. The predicted molar refractivity (Wildman–Crippen MR) is 95.4 cm³/mol. The molecule has 0 aromatic carbocycles. The summed E-state index contributed by atoms with van der Waals surface area (Å²) in [5, 5.41) is 6.71. The number of piperazine rings is 1. The maximum absolute atomic E-state index is 12.2. The minimum absolute atomic E-state index is 0.353. The molecule has 0 unspecified atom stereocenters. The molecule has 7 nitrogen and oxygen atoms in total. The van der Waals surface area contributed by atoms with E-state index in [4.69, 9.17) is 4.74 Å². The highest BCUT2D eigenvalue weighted by atomic mass is 16.6. The highest BCUT2D eigenvalue weighted by Crippen LogP contribution is 2.18. The van der Waals surface area contributed by atoms with Crippen LogP contribution in [0, 0.1) is 5.92 Å². The zero-order valence-electron chi connectivity index (χ0n) is 15.2. The Balaban J connectivity index is 1.33. The van der Waals surface area contributed by atoms with Crippen LogP contribution >= 0.6 is 0 Å². The van der Waals surface area contributed by atoms with Crippen molar-refractivity contribution in [3.63, 3.8) is 0 Å². The Hall–Kier alpha value is -1.18. The molecule has 0 bridgehead atoms. The fraction of sp³-hybridized carbons (Fsp3) is 0.889. The Morgan fingerprint density at radius 3 is 2.12 bits per heavy atom. The topological polar surface area (TPSA) is 73.9 Å². The van der Waals surface area contributed by atoms with Crippen LogP contribution in [0.1, 0.15) is 38.5 Å². The highest BCUT2D eigenvalue weighted by molar-refractivity contribution is 5.84. The number of piperidine rings is 2. The van der Waals surface area contributed by atoms with E-state index in [-0.39, 0.29) is 5.97 Å².